The van der Waals surface area contributed by atoms with Crippen LogP contribution in [0.15, 0.2) is 60.0 Å². The molecular weight excluding hydrogens is 524 g/mol. The van der Waals surface area contributed by atoms with Gasteiger partial charge in [-0.15, -0.1) is 0 Å². The van der Waals surface area contributed by atoms with Gasteiger partial charge < -0.3 is 29.8 Å². The second-order valence-electron chi connectivity index (χ2n) is 9.42. The summed E-state index contributed by atoms with van der Waals surface area (Å²) < 4.78 is 37.8. The highest BCUT2D eigenvalue weighted by atomic mass is 32.2. The van der Waals surface area contributed by atoms with E-state index in [0.717, 1.165) is 11.1 Å². The van der Waals surface area contributed by atoms with E-state index in [4.69, 9.17) is 9.47 Å². The molecule has 0 aliphatic carbocycles. The number of aryl methyl sites for hydroxylation is 1. The molecule has 1 unspecified atom stereocenters. The molecule has 1 amide bonds. The number of carbonyl (C=O) groups excluding carboxylic acids is 1. The number of methoxy groups -OCH3 is 2. The Hall–Kier alpha value is -3.90. The number of benzene rings is 2. The Bertz CT molecular complexity index is 1420. The lowest BCUT2D eigenvalue weighted by molar-refractivity contribution is -0.142. The molecule has 0 spiro atoms. The summed E-state index contributed by atoms with van der Waals surface area (Å²) in [6, 6.07) is 11.3. The number of hydrogen-bond acceptors (Lipinski definition) is 8. The van der Waals surface area contributed by atoms with Crippen LogP contribution in [0.4, 0.5) is 0 Å². The van der Waals surface area contributed by atoms with E-state index in [2.05, 4.69) is 15.6 Å². The standard InChI is InChI=1S/C27H32N4O7S/c1-31-17-29-15-23(31)39(35,36)27(12-5-13-28-16-27)26(34)30-20(25(32)33)14-18-8-10-19(11-9-18)24-21(37-2)6-4-7-22(24)38-3/h4,6-11,15,17,20,28H,5,12-14,16H2,1-3H3,(H,30,34)(H,32,33)/t20-,27?/m0/s1. The van der Waals surface area contributed by atoms with Crippen LogP contribution in [0.25, 0.3) is 11.1 Å². The number of rotatable bonds is 10. The van der Waals surface area contributed by atoms with Crippen molar-refractivity contribution in [3.05, 3.63) is 60.6 Å². The van der Waals surface area contributed by atoms with Gasteiger partial charge in [0.05, 0.1) is 32.3 Å². The molecule has 0 bridgehead atoms. The van der Waals surface area contributed by atoms with E-state index in [1.807, 2.05) is 30.3 Å². The lowest BCUT2D eigenvalue weighted by Gasteiger charge is -2.36. The zero-order valence-corrected chi connectivity index (χ0v) is 22.8. The Morgan fingerprint density at radius 3 is 2.33 bits per heavy atom. The Kier molecular flexibility index (Phi) is 8.26. The summed E-state index contributed by atoms with van der Waals surface area (Å²) in [5.41, 5.74) is 2.20. The molecule has 3 aromatic rings. The molecular formula is C27H32N4O7S. The average Bonchev–Trinajstić information content (AvgIpc) is 3.39. The van der Waals surface area contributed by atoms with Gasteiger partial charge in [0.25, 0.3) is 0 Å². The summed E-state index contributed by atoms with van der Waals surface area (Å²) >= 11 is 0. The maximum Gasteiger partial charge on any atom is 0.326 e. The van der Waals surface area contributed by atoms with Crippen molar-refractivity contribution in [1.29, 1.82) is 0 Å². The molecule has 11 nitrogen and oxygen atoms in total. The molecule has 0 saturated carbocycles. The first-order valence-corrected chi connectivity index (χ1v) is 13.9. The topological polar surface area (TPSA) is 149 Å². The molecule has 39 heavy (non-hydrogen) atoms. The maximum absolute atomic E-state index is 13.7. The fourth-order valence-corrected chi connectivity index (χ4v) is 6.93. The lowest BCUT2D eigenvalue weighted by atomic mass is 9.96. The molecule has 1 aromatic heterocycles. The van der Waals surface area contributed by atoms with E-state index in [0.29, 0.717) is 30.0 Å². The lowest BCUT2D eigenvalue weighted by Crippen LogP contribution is -2.63. The van der Waals surface area contributed by atoms with Crippen molar-refractivity contribution < 1.29 is 32.6 Å². The predicted octanol–water partition coefficient (Wildman–Crippen LogP) is 1.81. The van der Waals surface area contributed by atoms with Gasteiger partial charge >= 0.3 is 5.97 Å². The maximum atomic E-state index is 13.7. The predicted molar refractivity (Wildman–Crippen MR) is 143 cm³/mol. The monoisotopic (exact) mass is 556 g/mol. The van der Waals surface area contributed by atoms with Crippen LogP contribution in [0.5, 0.6) is 11.5 Å². The molecule has 1 aliphatic heterocycles. The Morgan fingerprint density at radius 2 is 1.82 bits per heavy atom. The minimum Gasteiger partial charge on any atom is -0.496 e. The van der Waals surface area contributed by atoms with Gasteiger partial charge in [-0.25, -0.2) is 18.2 Å². The van der Waals surface area contributed by atoms with Crippen molar-refractivity contribution in [1.82, 2.24) is 20.2 Å². The van der Waals surface area contributed by atoms with Gasteiger partial charge in [-0.3, -0.25) is 4.79 Å². The summed E-state index contributed by atoms with van der Waals surface area (Å²) in [5.74, 6) is -0.869. The molecule has 1 aliphatic rings. The van der Waals surface area contributed by atoms with Crippen molar-refractivity contribution in [3.63, 3.8) is 0 Å². The Balaban J connectivity index is 1.59. The Morgan fingerprint density at radius 1 is 1.15 bits per heavy atom. The minimum atomic E-state index is -4.19. The van der Waals surface area contributed by atoms with Crippen LogP contribution in [0.3, 0.4) is 0 Å². The first-order valence-electron chi connectivity index (χ1n) is 12.4. The van der Waals surface area contributed by atoms with Crippen LogP contribution in [-0.4, -0.2) is 73.0 Å². The second-order valence-corrected chi connectivity index (χ2v) is 11.6. The zero-order valence-electron chi connectivity index (χ0n) is 22.0. The number of imidazole rings is 1. The summed E-state index contributed by atoms with van der Waals surface area (Å²) in [4.78, 5) is 29.7. The highest BCUT2D eigenvalue weighted by Crippen LogP contribution is 2.38. The molecule has 4 rings (SSSR count). The van der Waals surface area contributed by atoms with Gasteiger partial charge in [0.15, 0.2) is 9.77 Å². The van der Waals surface area contributed by atoms with Gasteiger partial charge in [-0.2, -0.15) is 0 Å². The molecule has 0 radical (unpaired) electrons. The van der Waals surface area contributed by atoms with Crippen molar-refractivity contribution in [2.45, 2.75) is 35.1 Å². The van der Waals surface area contributed by atoms with E-state index in [1.54, 1.807) is 26.4 Å². The number of amides is 1. The number of piperidine rings is 1. The molecule has 3 N–H and O–H groups in total. The van der Waals surface area contributed by atoms with E-state index >= 15 is 0 Å². The van der Waals surface area contributed by atoms with Crippen molar-refractivity contribution in [2.24, 2.45) is 7.05 Å². The minimum absolute atomic E-state index is 0.0420. The average molecular weight is 557 g/mol. The zero-order chi connectivity index (χ0) is 28.2. The highest BCUT2D eigenvalue weighted by Gasteiger charge is 2.53. The van der Waals surface area contributed by atoms with E-state index in [9.17, 15) is 23.1 Å². The number of aliphatic carboxylic acids is 1. The number of hydrogen-bond donors (Lipinski definition) is 3. The van der Waals surface area contributed by atoms with Crippen LogP contribution in [0.2, 0.25) is 0 Å². The van der Waals surface area contributed by atoms with Crippen molar-refractivity contribution >= 4 is 21.7 Å². The molecule has 208 valence electrons. The number of nitrogens with one attached hydrogen (secondary N) is 2. The first kappa shape index (κ1) is 28.1. The summed E-state index contributed by atoms with van der Waals surface area (Å²) in [5, 5.41) is 15.4. The largest absolute Gasteiger partial charge is 0.496 e. The third kappa shape index (κ3) is 5.34. The fraction of sp³-hybridized carbons (Fsp3) is 0.370. The number of aromatic nitrogens is 2. The summed E-state index contributed by atoms with van der Waals surface area (Å²) in [6.07, 6.45) is 3.00. The number of ether oxygens (including phenoxy) is 2. The Labute approximate surface area is 227 Å². The van der Waals surface area contributed by atoms with Crippen LogP contribution in [0, 0.1) is 0 Å². The van der Waals surface area contributed by atoms with Gasteiger partial charge in [-0.1, -0.05) is 30.3 Å². The normalized spacial score (nSPS) is 18.2. The third-order valence-electron chi connectivity index (χ3n) is 7.03. The van der Waals surface area contributed by atoms with Gasteiger partial charge in [0, 0.05) is 20.0 Å². The smallest absolute Gasteiger partial charge is 0.326 e. The fourth-order valence-electron chi connectivity index (χ4n) is 4.90. The number of sulfone groups is 1. The van der Waals surface area contributed by atoms with E-state index in [-0.39, 0.29) is 24.4 Å². The van der Waals surface area contributed by atoms with Crippen LogP contribution in [-0.2, 0) is 32.9 Å². The second kappa shape index (κ2) is 11.5. The molecule has 2 aromatic carbocycles. The SMILES string of the molecule is COc1cccc(OC)c1-c1ccc(C[C@H](NC(=O)C2(S(=O)(=O)c3cncn3C)CCCNC2)C(=O)O)cc1. The molecule has 2 atom stereocenters. The third-order valence-corrected chi connectivity index (χ3v) is 9.54. The van der Waals surface area contributed by atoms with E-state index < -0.39 is 32.5 Å². The van der Waals surface area contributed by atoms with Crippen molar-refractivity contribution in [3.8, 4) is 22.6 Å². The number of nitrogens with zero attached hydrogens (tertiary/aromatic N) is 2. The number of carboxylic acid groups (broad SMARTS) is 1. The summed E-state index contributed by atoms with van der Waals surface area (Å²) in [6.45, 7) is 0.426. The first-order chi connectivity index (χ1) is 18.6. The number of carbonyl (C=O) groups is 2. The summed E-state index contributed by atoms with van der Waals surface area (Å²) in [7, 11) is 0.470. The van der Waals surface area contributed by atoms with Crippen LogP contribution >= 0.6 is 0 Å². The number of carboxylic acids is 1. The van der Waals surface area contributed by atoms with Gasteiger partial charge in [-0.05, 0) is 42.6 Å². The van der Waals surface area contributed by atoms with E-state index in [1.165, 1.54) is 24.1 Å². The quantitative estimate of drug-likeness (QED) is 0.340. The van der Waals surface area contributed by atoms with Gasteiger partial charge in [0.2, 0.25) is 15.7 Å². The molecule has 1 saturated heterocycles. The highest BCUT2D eigenvalue weighted by molar-refractivity contribution is 7.93. The van der Waals surface area contributed by atoms with Crippen molar-refractivity contribution in [2.75, 3.05) is 27.3 Å². The molecule has 1 fully saturated rings. The molecule has 12 heteroatoms. The van der Waals surface area contributed by atoms with Gasteiger partial charge in [0.1, 0.15) is 17.5 Å². The molecule has 2 heterocycles. The van der Waals surface area contributed by atoms with Crippen LogP contribution in [0.1, 0.15) is 18.4 Å². The van der Waals surface area contributed by atoms with Crippen LogP contribution < -0.4 is 20.1 Å².